The van der Waals surface area contributed by atoms with E-state index in [4.69, 9.17) is 11.6 Å². The van der Waals surface area contributed by atoms with E-state index in [1.807, 2.05) is 0 Å². The standard InChI is InChI=1S/C23H17ClN2O4/c24-16-5-3-4-15(12-16)21(28)19-20(14-7-9-18(27)10-8-14)26(23(30)22(19)29)13-17-6-1-2-11-25-17/h1-12,20,27-28H,13H2/b21-19-. The monoisotopic (exact) mass is 420 g/mol. The number of hydrogen-bond acceptors (Lipinski definition) is 5. The summed E-state index contributed by atoms with van der Waals surface area (Å²) in [6.45, 7) is 0.0866. The molecule has 2 N–H and O–H groups in total. The Kier molecular flexibility index (Phi) is 5.25. The number of aromatic hydroxyl groups is 1. The zero-order valence-electron chi connectivity index (χ0n) is 15.7. The lowest BCUT2D eigenvalue weighted by molar-refractivity contribution is -0.140. The number of aliphatic hydroxyl groups excluding tert-OH is 1. The zero-order valence-corrected chi connectivity index (χ0v) is 16.5. The van der Waals surface area contributed by atoms with Crippen LogP contribution in [0.15, 0.2) is 78.5 Å². The lowest BCUT2D eigenvalue weighted by Gasteiger charge is -2.25. The molecule has 1 fully saturated rings. The minimum atomic E-state index is -0.841. The van der Waals surface area contributed by atoms with Crippen LogP contribution in [0.3, 0.4) is 0 Å². The van der Waals surface area contributed by atoms with Crippen molar-refractivity contribution < 1.29 is 19.8 Å². The van der Waals surface area contributed by atoms with Crippen molar-refractivity contribution in [3.8, 4) is 5.75 Å². The summed E-state index contributed by atoms with van der Waals surface area (Å²) in [4.78, 5) is 31.5. The summed E-state index contributed by atoms with van der Waals surface area (Å²) in [7, 11) is 0. The Hall–Kier alpha value is -3.64. The molecule has 6 nitrogen and oxygen atoms in total. The van der Waals surface area contributed by atoms with Gasteiger partial charge < -0.3 is 15.1 Å². The predicted octanol–water partition coefficient (Wildman–Crippen LogP) is 4.06. The Balaban J connectivity index is 1.87. The number of nitrogens with zero attached hydrogens (tertiary/aromatic N) is 2. The van der Waals surface area contributed by atoms with Crippen LogP contribution in [0.4, 0.5) is 0 Å². The van der Waals surface area contributed by atoms with Crippen LogP contribution in [0.25, 0.3) is 5.76 Å². The molecule has 1 unspecified atom stereocenters. The Bertz CT molecular complexity index is 1140. The highest BCUT2D eigenvalue weighted by atomic mass is 35.5. The predicted molar refractivity (Wildman–Crippen MR) is 112 cm³/mol. The molecule has 1 aromatic heterocycles. The van der Waals surface area contributed by atoms with Crippen molar-refractivity contribution in [2.24, 2.45) is 0 Å². The fraction of sp³-hybridized carbons (Fsp3) is 0.0870. The summed E-state index contributed by atoms with van der Waals surface area (Å²) in [6, 6.07) is 17.1. The second-order valence-corrected chi connectivity index (χ2v) is 7.29. The van der Waals surface area contributed by atoms with Crippen molar-refractivity contribution in [2.75, 3.05) is 0 Å². The van der Waals surface area contributed by atoms with Gasteiger partial charge in [0.25, 0.3) is 11.7 Å². The van der Waals surface area contributed by atoms with Crippen molar-refractivity contribution in [1.29, 1.82) is 0 Å². The molecule has 0 saturated carbocycles. The van der Waals surface area contributed by atoms with Gasteiger partial charge in [-0.25, -0.2) is 0 Å². The molecule has 4 rings (SSSR count). The molecule has 0 bridgehead atoms. The Labute approximate surface area is 177 Å². The number of aliphatic hydroxyl groups is 1. The third-order valence-corrected chi connectivity index (χ3v) is 5.14. The normalized spacial score (nSPS) is 18.0. The molecule has 0 spiro atoms. The van der Waals surface area contributed by atoms with Crippen LogP contribution in [0.2, 0.25) is 5.02 Å². The minimum absolute atomic E-state index is 0.0381. The number of pyridine rings is 1. The number of likely N-dealkylation sites (tertiary alicyclic amines) is 1. The van der Waals surface area contributed by atoms with E-state index in [0.29, 0.717) is 21.8 Å². The average Bonchev–Trinajstić information content (AvgIpc) is 2.99. The number of ketones is 1. The Morgan fingerprint density at radius 2 is 1.80 bits per heavy atom. The number of rotatable bonds is 4. The van der Waals surface area contributed by atoms with E-state index in [2.05, 4.69) is 4.98 Å². The second-order valence-electron chi connectivity index (χ2n) is 6.85. The number of hydrogen-bond donors (Lipinski definition) is 2. The molecule has 1 atom stereocenters. The number of phenolic OH excluding ortho intramolecular Hbond substituents is 1. The van der Waals surface area contributed by atoms with E-state index < -0.39 is 17.7 Å². The van der Waals surface area contributed by atoms with Crippen molar-refractivity contribution >= 4 is 29.1 Å². The first kappa shape index (κ1) is 19.7. The van der Waals surface area contributed by atoms with Crippen LogP contribution >= 0.6 is 11.6 Å². The van der Waals surface area contributed by atoms with E-state index >= 15 is 0 Å². The number of aromatic nitrogens is 1. The van der Waals surface area contributed by atoms with Gasteiger partial charge in [0.1, 0.15) is 11.5 Å². The quantitative estimate of drug-likeness (QED) is 0.377. The maximum Gasteiger partial charge on any atom is 0.296 e. The smallest absolute Gasteiger partial charge is 0.296 e. The van der Waals surface area contributed by atoms with Gasteiger partial charge in [0.05, 0.1) is 23.9 Å². The van der Waals surface area contributed by atoms with Crippen LogP contribution in [0.1, 0.15) is 22.9 Å². The van der Waals surface area contributed by atoms with Gasteiger partial charge >= 0.3 is 0 Å². The largest absolute Gasteiger partial charge is 0.508 e. The van der Waals surface area contributed by atoms with Gasteiger partial charge in [0.2, 0.25) is 0 Å². The summed E-state index contributed by atoms with van der Waals surface area (Å²) >= 11 is 6.04. The molecule has 1 aliphatic rings. The molecule has 1 amide bonds. The van der Waals surface area contributed by atoms with E-state index in [9.17, 15) is 19.8 Å². The molecule has 0 radical (unpaired) electrons. The Morgan fingerprint density at radius 1 is 1.03 bits per heavy atom. The SMILES string of the molecule is O=C1C(=O)N(Cc2ccccn2)C(c2ccc(O)cc2)/C1=C(/O)c1cccc(Cl)c1. The van der Waals surface area contributed by atoms with Crippen molar-refractivity contribution in [1.82, 2.24) is 9.88 Å². The summed E-state index contributed by atoms with van der Waals surface area (Å²) in [5.74, 6) is -1.78. The first-order valence-corrected chi connectivity index (χ1v) is 9.56. The molecule has 3 aromatic rings. The molecular weight excluding hydrogens is 404 g/mol. The molecule has 150 valence electrons. The molecule has 2 heterocycles. The highest BCUT2D eigenvalue weighted by molar-refractivity contribution is 6.46. The van der Waals surface area contributed by atoms with Gasteiger partial charge in [0.15, 0.2) is 0 Å². The second kappa shape index (κ2) is 8.00. The van der Waals surface area contributed by atoms with Gasteiger partial charge in [-0.3, -0.25) is 14.6 Å². The number of benzene rings is 2. The lowest BCUT2D eigenvalue weighted by Crippen LogP contribution is -2.29. The van der Waals surface area contributed by atoms with Gasteiger partial charge in [-0.2, -0.15) is 0 Å². The van der Waals surface area contributed by atoms with Gasteiger partial charge in [-0.15, -0.1) is 0 Å². The molecule has 1 saturated heterocycles. The fourth-order valence-corrected chi connectivity index (χ4v) is 3.69. The summed E-state index contributed by atoms with van der Waals surface area (Å²) in [6.07, 6.45) is 1.60. The highest BCUT2D eigenvalue weighted by Gasteiger charge is 2.46. The third kappa shape index (κ3) is 3.65. The lowest BCUT2D eigenvalue weighted by atomic mass is 9.95. The van der Waals surface area contributed by atoms with Crippen LogP contribution in [0, 0.1) is 0 Å². The van der Waals surface area contributed by atoms with Crippen molar-refractivity contribution in [3.63, 3.8) is 0 Å². The van der Waals surface area contributed by atoms with Gasteiger partial charge in [-0.05, 0) is 42.0 Å². The maximum absolute atomic E-state index is 12.9. The first-order valence-electron chi connectivity index (χ1n) is 9.19. The number of Topliss-reactive ketones (excluding diaryl/α,β-unsaturated/α-hetero) is 1. The first-order chi connectivity index (χ1) is 14.5. The van der Waals surface area contributed by atoms with E-state index in [1.165, 1.54) is 23.1 Å². The summed E-state index contributed by atoms with van der Waals surface area (Å²) in [5.41, 5.74) is 1.48. The number of amides is 1. The molecule has 2 aromatic carbocycles. The van der Waals surface area contributed by atoms with Crippen molar-refractivity contribution in [2.45, 2.75) is 12.6 Å². The zero-order chi connectivity index (χ0) is 21.3. The number of phenols is 1. The molecule has 30 heavy (non-hydrogen) atoms. The minimum Gasteiger partial charge on any atom is -0.508 e. The topological polar surface area (TPSA) is 90.7 Å². The van der Waals surface area contributed by atoms with E-state index in [0.717, 1.165) is 0 Å². The average molecular weight is 421 g/mol. The number of halogens is 1. The number of carbonyl (C=O) groups excluding carboxylic acids is 2. The summed E-state index contributed by atoms with van der Waals surface area (Å²) in [5, 5.41) is 21.0. The van der Waals surface area contributed by atoms with Gasteiger partial charge in [-0.1, -0.05) is 41.9 Å². The molecular formula is C23H17ClN2O4. The van der Waals surface area contributed by atoms with Crippen LogP contribution in [-0.4, -0.2) is 31.8 Å². The fourth-order valence-electron chi connectivity index (χ4n) is 3.50. The van der Waals surface area contributed by atoms with Crippen LogP contribution in [0.5, 0.6) is 5.75 Å². The van der Waals surface area contributed by atoms with Crippen LogP contribution in [-0.2, 0) is 16.1 Å². The van der Waals surface area contributed by atoms with E-state index in [1.54, 1.807) is 54.7 Å². The summed E-state index contributed by atoms with van der Waals surface area (Å²) < 4.78 is 0. The molecule has 7 heteroatoms. The number of carbonyl (C=O) groups is 2. The third-order valence-electron chi connectivity index (χ3n) is 4.91. The molecule has 0 aliphatic carbocycles. The van der Waals surface area contributed by atoms with E-state index in [-0.39, 0.29) is 23.6 Å². The molecule has 1 aliphatic heterocycles. The highest BCUT2D eigenvalue weighted by Crippen LogP contribution is 2.40. The van der Waals surface area contributed by atoms with Crippen LogP contribution < -0.4 is 0 Å². The maximum atomic E-state index is 12.9. The Morgan fingerprint density at radius 3 is 2.47 bits per heavy atom. The van der Waals surface area contributed by atoms with Crippen molar-refractivity contribution in [3.05, 3.63) is 100 Å². The van der Waals surface area contributed by atoms with Gasteiger partial charge in [0, 0.05) is 16.8 Å².